The van der Waals surface area contributed by atoms with Gasteiger partial charge in [0.05, 0.1) is 35.5 Å². The number of rotatable bonds is 8. The number of hydrogen-bond donors (Lipinski definition) is 1. The molecule has 3 heterocycles. The molecule has 3 aromatic carbocycles. The molecule has 1 amide bonds. The monoisotopic (exact) mass is 620 g/mol. The Morgan fingerprint density at radius 3 is 2.63 bits per heavy atom. The first-order valence-corrected chi connectivity index (χ1v) is 15.0. The fraction of sp³-hybridized carbons (Fsp3) is 0.281. The molecule has 1 N–H and O–H groups in total. The first kappa shape index (κ1) is 28.8. The van der Waals surface area contributed by atoms with E-state index in [-0.39, 0.29) is 11.3 Å². The Hall–Kier alpha value is -4.28. The molecule has 2 aliphatic rings. The molecule has 1 aromatic heterocycles. The van der Waals surface area contributed by atoms with Crippen molar-refractivity contribution in [1.82, 2.24) is 4.98 Å². The summed E-state index contributed by atoms with van der Waals surface area (Å²) in [6.07, 6.45) is 0.863. The van der Waals surface area contributed by atoms with E-state index >= 15 is 0 Å². The van der Waals surface area contributed by atoms with Crippen LogP contribution in [0.2, 0.25) is 5.02 Å². The van der Waals surface area contributed by atoms with E-state index in [1.165, 1.54) is 23.3 Å². The van der Waals surface area contributed by atoms with Crippen LogP contribution in [0.1, 0.15) is 37.4 Å². The second-order valence-corrected chi connectivity index (χ2v) is 12.0. The first-order valence-electron chi connectivity index (χ1n) is 13.8. The molecule has 1 fully saturated rings. The molecule has 222 valence electrons. The van der Waals surface area contributed by atoms with Crippen molar-refractivity contribution in [3.8, 4) is 23.0 Å². The highest BCUT2D eigenvalue weighted by molar-refractivity contribution is 7.22. The Morgan fingerprint density at radius 2 is 1.86 bits per heavy atom. The van der Waals surface area contributed by atoms with Crippen molar-refractivity contribution in [2.24, 2.45) is 5.92 Å². The van der Waals surface area contributed by atoms with E-state index in [1.807, 2.05) is 0 Å². The van der Waals surface area contributed by atoms with E-state index in [9.17, 15) is 14.7 Å². The highest BCUT2D eigenvalue weighted by Crippen LogP contribution is 2.46. The van der Waals surface area contributed by atoms with Crippen molar-refractivity contribution in [3.63, 3.8) is 0 Å². The van der Waals surface area contributed by atoms with Crippen LogP contribution in [-0.2, 0) is 9.59 Å². The molecular weight excluding hydrogens is 592 g/mol. The number of nitrogens with zero attached hydrogens (tertiary/aromatic N) is 2. The van der Waals surface area contributed by atoms with Gasteiger partial charge in [-0.15, -0.1) is 0 Å². The number of carbonyl (C=O) groups excluding carboxylic acids is 2. The number of aliphatic hydroxyl groups excluding tert-OH is 1. The number of carbonyl (C=O) groups is 2. The van der Waals surface area contributed by atoms with Gasteiger partial charge in [0, 0.05) is 10.6 Å². The topological polar surface area (TPSA) is 107 Å². The molecule has 4 aromatic rings. The van der Waals surface area contributed by atoms with Crippen molar-refractivity contribution in [3.05, 3.63) is 76.3 Å². The first-order chi connectivity index (χ1) is 20.7. The highest BCUT2D eigenvalue weighted by atomic mass is 35.5. The number of ether oxygens (including phenoxy) is 4. The number of methoxy groups -OCH3 is 1. The fourth-order valence-electron chi connectivity index (χ4n) is 5.06. The summed E-state index contributed by atoms with van der Waals surface area (Å²) in [6, 6.07) is 14.3. The lowest BCUT2D eigenvalue weighted by atomic mass is 9.95. The average molecular weight is 621 g/mol. The molecule has 9 nitrogen and oxygen atoms in total. The van der Waals surface area contributed by atoms with Crippen LogP contribution in [0.5, 0.6) is 23.0 Å². The molecule has 1 saturated heterocycles. The zero-order valence-corrected chi connectivity index (χ0v) is 25.3. The van der Waals surface area contributed by atoms with Crippen molar-refractivity contribution in [2.45, 2.75) is 26.3 Å². The van der Waals surface area contributed by atoms with Crippen molar-refractivity contribution in [1.29, 1.82) is 0 Å². The quantitative estimate of drug-likeness (QED) is 0.130. The highest BCUT2D eigenvalue weighted by Gasteiger charge is 2.48. The van der Waals surface area contributed by atoms with Crippen LogP contribution >= 0.6 is 22.9 Å². The third-order valence-corrected chi connectivity index (χ3v) is 8.51. The largest absolute Gasteiger partial charge is 0.507 e. The van der Waals surface area contributed by atoms with E-state index in [1.54, 1.807) is 54.6 Å². The summed E-state index contributed by atoms with van der Waals surface area (Å²) < 4.78 is 23.7. The van der Waals surface area contributed by atoms with Gasteiger partial charge in [-0.1, -0.05) is 42.9 Å². The number of benzene rings is 3. The summed E-state index contributed by atoms with van der Waals surface area (Å²) >= 11 is 7.44. The zero-order valence-electron chi connectivity index (χ0n) is 23.8. The number of amides is 1. The maximum Gasteiger partial charge on any atom is 0.301 e. The van der Waals surface area contributed by atoms with Gasteiger partial charge in [0.15, 0.2) is 28.1 Å². The average Bonchev–Trinajstić information content (AvgIpc) is 3.53. The van der Waals surface area contributed by atoms with E-state index in [0.717, 1.165) is 11.1 Å². The smallest absolute Gasteiger partial charge is 0.301 e. The molecule has 0 radical (unpaired) electrons. The van der Waals surface area contributed by atoms with E-state index < -0.39 is 17.7 Å². The molecule has 6 rings (SSSR count). The number of Topliss-reactive ketones (excluding diaryl/α,β-unsaturated/α-hetero) is 1. The number of aromatic nitrogens is 1. The number of halogens is 1. The minimum atomic E-state index is -1.01. The second kappa shape index (κ2) is 11.8. The molecule has 0 saturated carbocycles. The van der Waals surface area contributed by atoms with Gasteiger partial charge in [0.2, 0.25) is 0 Å². The minimum Gasteiger partial charge on any atom is -0.507 e. The van der Waals surface area contributed by atoms with E-state index in [0.29, 0.717) is 75.5 Å². The Labute approximate surface area is 257 Å². The predicted molar refractivity (Wildman–Crippen MR) is 165 cm³/mol. The van der Waals surface area contributed by atoms with Crippen LogP contribution in [-0.4, -0.2) is 48.7 Å². The molecule has 2 aliphatic heterocycles. The van der Waals surface area contributed by atoms with Crippen molar-refractivity contribution in [2.75, 3.05) is 31.8 Å². The summed E-state index contributed by atoms with van der Waals surface area (Å²) in [7, 11) is 1.53. The molecule has 0 unspecified atom stereocenters. The van der Waals surface area contributed by atoms with Crippen LogP contribution in [0, 0.1) is 5.92 Å². The van der Waals surface area contributed by atoms with Gasteiger partial charge in [-0.3, -0.25) is 14.5 Å². The number of hydrogen-bond acceptors (Lipinski definition) is 9. The standard InChI is InChI=1S/C32H29ClN2O7S/c1-17(2)10-11-40-22-8-4-18(14-24(22)39-3)28-27(29(36)19-5-9-23-25(15-19)42-13-12-41-23)30(37)31(38)35(28)32-34-21-7-6-20(33)16-26(21)43-32/h4-9,14-17,28,36H,10-13H2,1-3H3/b29-27+/t28-/m0/s1. The maximum absolute atomic E-state index is 13.7. The van der Waals surface area contributed by atoms with Crippen LogP contribution in [0.3, 0.4) is 0 Å². The van der Waals surface area contributed by atoms with Crippen LogP contribution < -0.4 is 23.8 Å². The summed E-state index contributed by atoms with van der Waals surface area (Å²) in [5, 5.41) is 12.4. The summed E-state index contributed by atoms with van der Waals surface area (Å²) in [4.78, 5) is 33.4. The molecule has 1 atom stereocenters. The number of fused-ring (bicyclic) bond motifs is 2. The summed E-state index contributed by atoms with van der Waals surface area (Å²) in [5.41, 5.74) is 1.38. The van der Waals surface area contributed by atoms with E-state index in [2.05, 4.69) is 18.8 Å². The number of aliphatic hydroxyl groups is 1. The lowest BCUT2D eigenvalue weighted by Crippen LogP contribution is -2.29. The number of anilines is 1. The van der Waals surface area contributed by atoms with Gasteiger partial charge in [-0.2, -0.15) is 0 Å². The summed E-state index contributed by atoms with van der Waals surface area (Å²) in [5.74, 6) is 0.404. The Kier molecular flexibility index (Phi) is 7.89. The lowest BCUT2D eigenvalue weighted by molar-refractivity contribution is -0.132. The fourth-order valence-corrected chi connectivity index (χ4v) is 6.33. The van der Waals surface area contributed by atoms with Crippen molar-refractivity contribution < 1.29 is 33.6 Å². The lowest BCUT2D eigenvalue weighted by Gasteiger charge is -2.24. The van der Waals surface area contributed by atoms with Gasteiger partial charge >= 0.3 is 5.91 Å². The summed E-state index contributed by atoms with van der Waals surface area (Å²) in [6.45, 7) is 5.50. The van der Waals surface area contributed by atoms with Gasteiger partial charge in [-0.25, -0.2) is 4.98 Å². The Morgan fingerprint density at radius 1 is 1.07 bits per heavy atom. The maximum atomic E-state index is 13.7. The van der Waals surface area contributed by atoms with Gasteiger partial charge in [0.1, 0.15) is 19.0 Å². The van der Waals surface area contributed by atoms with Crippen LogP contribution in [0.4, 0.5) is 5.13 Å². The third-order valence-electron chi connectivity index (χ3n) is 7.26. The Bertz CT molecular complexity index is 1770. The molecule has 11 heteroatoms. The second-order valence-electron chi connectivity index (χ2n) is 10.6. The van der Waals surface area contributed by atoms with Crippen molar-refractivity contribution >= 4 is 55.7 Å². The van der Waals surface area contributed by atoms with Gasteiger partial charge in [0.25, 0.3) is 5.78 Å². The zero-order chi connectivity index (χ0) is 30.2. The molecular formula is C32H29ClN2O7S. The predicted octanol–water partition coefficient (Wildman–Crippen LogP) is 6.78. The van der Waals surface area contributed by atoms with Gasteiger partial charge in [-0.05, 0) is 66.4 Å². The molecule has 0 bridgehead atoms. The SMILES string of the molecule is COc1cc([C@H]2/C(=C(\O)c3ccc4c(c3)OCCO4)C(=O)C(=O)N2c2nc3ccc(Cl)cc3s2)ccc1OCCC(C)C. The van der Waals surface area contributed by atoms with E-state index in [4.69, 9.17) is 30.5 Å². The number of ketones is 1. The van der Waals surface area contributed by atoms with Crippen LogP contribution in [0.15, 0.2) is 60.2 Å². The number of thiazole rings is 1. The molecule has 0 aliphatic carbocycles. The normalized spacial score (nSPS) is 17.6. The van der Waals surface area contributed by atoms with Gasteiger partial charge < -0.3 is 24.1 Å². The Balaban J connectivity index is 1.49. The third kappa shape index (κ3) is 5.48. The minimum absolute atomic E-state index is 0.0884. The molecule has 43 heavy (non-hydrogen) atoms. The van der Waals surface area contributed by atoms with Crippen LogP contribution in [0.25, 0.3) is 16.0 Å². The molecule has 0 spiro atoms.